The third kappa shape index (κ3) is 5.36. The summed E-state index contributed by atoms with van der Waals surface area (Å²) >= 11 is 0. The highest BCUT2D eigenvalue weighted by molar-refractivity contribution is 7.86. The summed E-state index contributed by atoms with van der Waals surface area (Å²) in [6, 6.07) is 0. The fourth-order valence-electron chi connectivity index (χ4n) is 4.48. The number of aryl methyl sites for hydroxylation is 1. The summed E-state index contributed by atoms with van der Waals surface area (Å²) in [7, 11) is -1.76. The van der Waals surface area contributed by atoms with Crippen molar-refractivity contribution < 1.29 is 26.6 Å². The van der Waals surface area contributed by atoms with Crippen LogP contribution >= 0.6 is 0 Å². The van der Waals surface area contributed by atoms with Gasteiger partial charge in [-0.05, 0) is 39.2 Å². The van der Waals surface area contributed by atoms with E-state index in [1.165, 1.54) is 22.7 Å². The third-order valence-corrected chi connectivity index (χ3v) is 12.6. The molecule has 14 heteroatoms. The molecule has 0 aromatic carbocycles. The summed E-state index contributed by atoms with van der Waals surface area (Å²) < 4.78 is 46.0. The van der Waals surface area contributed by atoms with E-state index in [1.807, 2.05) is 52.9 Å². The van der Waals surface area contributed by atoms with Crippen molar-refractivity contribution in [2.75, 3.05) is 40.0 Å². The number of amides is 1. The van der Waals surface area contributed by atoms with Gasteiger partial charge < -0.3 is 19.0 Å². The second-order valence-electron chi connectivity index (χ2n) is 11.8. The number of ether oxygens (including phenoxy) is 1. The predicted octanol–water partition coefficient (Wildman–Crippen LogP) is 0.262. The van der Waals surface area contributed by atoms with Gasteiger partial charge >= 0.3 is 5.69 Å². The number of nitrogens with zero attached hydrogens (tertiary/aromatic N) is 4. The maximum Gasteiger partial charge on any atom is 0.332 e. The van der Waals surface area contributed by atoms with Crippen LogP contribution in [0.15, 0.2) is 15.8 Å². The highest BCUT2D eigenvalue weighted by atomic mass is 32.2. The number of carbonyl (C=O) groups is 1. The SMILES string of the molecule is Cc1cn([C@@H]2O[C@@H]3CN(CCN(C)C)C(=O)[C@]3(OS(C)(=O)=O)[C@H]2O[Si](C)(C)C(C)(C)C)c(=O)n(C)c1=O. The molecule has 0 N–H and O–H groups in total. The zero-order chi connectivity index (χ0) is 28.3. The molecule has 3 heterocycles. The number of aromatic nitrogens is 2. The lowest BCUT2D eigenvalue weighted by atomic mass is 9.94. The topological polar surface area (TPSA) is 129 Å². The van der Waals surface area contributed by atoms with Crippen molar-refractivity contribution in [2.24, 2.45) is 7.05 Å². The van der Waals surface area contributed by atoms with Gasteiger partial charge in [-0.1, -0.05) is 20.8 Å². The lowest BCUT2D eigenvalue weighted by Gasteiger charge is -2.43. The van der Waals surface area contributed by atoms with E-state index in [0.717, 1.165) is 10.8 Å². The first-order valence-electron chi connectivity index (χ1n) is 12.2. The molecule has 0 spiro atoms. The zero-order valence-electron chi connectivity index (χ0n) is 23.4. The summed E-state index contributed by atoms with van der Waals surface area (Å²) in [6.07, 6.45) is -1.24. The van der Waals surface area contributed by atoms with Gasteiger partial charge in [-0.15, -0.1) is 0 Å². The summed E-state index contributed by atoms with van der Waals surface area (Å²) in [5.41, 5.74) is -2.88. The molecule has 0 radical (unpaired) electrons. The van der Waals surface area contributed by atoms with E-state index in [0.29, 0.717) is 13.1 Å². The van der Waals surface area contributed by atoms with E-state index >= 15 is 0 Å². The molecule has 1 amide bonds. The molecule has 2 aliphatic rings. The molecule has 3 rings (SSSR count). The normalized spacial score (nSPS) is 26.8. The van der Waals surface area contributed by atoms with Crippen LogP contribution < -0.4 is 11.2 Å². The van der Waals surface area contributed by atoms with Crippen molar-refractivity contribution in [3.8, 4) is 0 Å². The van der Waals surface area contributed by atoms with Crippen molar-refractivity contribution >= 4 is 24.3 Å². The van der Waals surface area contributed by atoms with Crippen LogP contribution in [0.1, 0.15) is 32.6 Å². The van der Waals surface area contributed by atoms with Gasteiger partial charge in [0.15, 0.2) is 14.5 Å². The van der Waals surface area contributed by atoms with Gasteiger partial charge in [0.1, 0.15) is 12.2 Å². The van der Waals surface area contributed by atoms with Gasteiger partial charge in [-0.2, -0.15) is 8.42 Å². The minimum atomic E-state index is -4.17. The zero-order valence-corrected chi connectivity index (χ0v) is 25.2. The van der Waals surface area contributed by atoms with E-state index in [2.05, 4.69) is 0 Å². The maximum atomic E-state index is 14.0. The molecule has 2 fully saturated rings. The van der Waals surface area contributed by atoms with Crippen molar-refractivity contribution in [2.45, 2.75) is 69.9 Å². The molecular formula is C23H40N4O8SSi. The highest BCUT2D eigenvalue weighted by Crippen LogP contribution is 2.50. The minimum Gasteiger partial charge on any atom is -0.406 e. The van der Waals surface area contributed by atoms with E-state index in [4.69, 9.17) is 13.3 Å². The van der Waals surface area contributed by atoms with Crippen LogP contribution in [0, 0.1) is 6.92 Å². The highest BCUT2D eigenvalue weighted by Gasteiger charge is 2.71. The van der Waals surface area contributed by atoms with E-state index in [-0.39, 0.29) is 17.1 Å². The Bertz CT molecular complexity index is 1280. The van der Waals surface area contributed by atoms with Gasteiger partial charge in [0.05, 0.1) is 12.8 Å². The Morgan fingerprint density at radius 3 is 2.32 bits per heavy atom. The average Bonchev–Trinajstić information content (AvgIpc) is 3.16. The predicted molar refractivity (Wildman–Crippen MR) is 140 cm³/mol. The first-order valence-corrected chi connectivity index (χ1v) is 16.9. The standard InChI is InChI=1S/C23H40N4O8SSi/c1-15-13-27(21(30)25(7)18(15)28)19-17(34-37(9,10)22(2,3)4)23(35-36(8,31)32)16(33-19)14-26(20(23)29)12-11-24(5)6/h13,16-17,19H,11-12,14H2,1-10H3/t16-,17+,19-,23-/m1/s1. The molecule has 4 atom stereocenters. The van der Waals surface area contributed by atoms with Gasteiger partial charge in [0, 0.05) is 31.9 Å². The minimum absolute atomic E-state index is 0.0650. The maximum absolute atomic E-state index is 14.0. The quantitative estimate of drug-likeness (QED) is 0.325. The second kappa shape index (κ2) is 9.72. The molecule has 210 valence electrons. The number of rotatable bonds is 8. The summed E-state index contributed by atoms with van der Waals surface area (Å²) in [6.45, 7) is 12.5. The lowest BCUT2D eigenvalue weighted by Crippen LogP contribution is -2.60. The van der Waals surface area contributed by atoms with Crippen LogP contribution in [0.3, 0.4) is 0 Å². The number of fused-ring (bicyclic) bond motifs is 1. The van der Waals surface area contributed by atoms with Crippen LogP contribution in [0.4, 0.5) is 0 Å². The van der Waals surface area contributed by atoms with Gasteiger partial charge in [0.2, 0.25) is 5.60 Å². The average molecular weight is 561 g/mol. The Kier molecular flexibility index (Phi) is 7.80. The third-order valence-electron chi connectivity index (χ3n) is 7.56. The van der Waals surface area contributed by atoms with E-state index in [9.17, 15) is 22.8 Å². The number of hydrogen-bond donors (Lipinski definition) is 0. The molecule has 0 bridgehead atoms. The van der Waals surface area contributed by atoms with Crippen LogP contribution in [-0.2, 0) is 35.3 Å². The van der Waals surface area contributed by atoms with Crippen LogP contribution in [0.2, 0.25) is 18.1 Å². The Balaban J connectivity index is 2.25. The monoisotopic (exact) mass is 560 g/mol. The molecule has 2 saturated heterocycles. The Morgan fingerprint density at radius 2 is 1.81 bits per heavy atom. The fourth-order valence-corrected chi connectivity index (χ4v) is 6.54. The molecule has 0 saturated carbocycles. The molecule has 1 aromatic rings. The number of likely N-dealkylation sites (N-methyl/N-ethyl adjacent to an activating group) is 1. The molecule has 1 aromatic heterocycles. The van der Waals surface area contributed by atoms with Crippen molar-refractivity contribution in [3.05, 3.63) is 32.6 Å². The van der Waals surface area contributed by atoms with Crippen molar-refractivity contribution in [3.63, 3.8) is 0 Å². The summed E-state index contributed by atoms with van der Waals surface area (Å²) in [5, 5.41) is -0.321. The molecule has 0 aliphatic carbocycles. The van der Waals surface area contributed by atoms with Crippen LogP contribution in [-0.4, -0.2) is 99.4 Å². The second-order valence-corrected chi connectivity index (χ2v) is 18.1. The van der Waals surface area contributed by atoms with Crippen LogP contribution in [0.25, 0.3) is 0 Å². The number of hydrogen-bond acceptors (Lipinski definition) is 9. The van der Waals surface area contributed by atoms with Gasteiger partial charge in [-0.3, -0.25) is 18.7 Å². The van der Waals surface area contributed by atoms with E-state index in [1.54, 1.807) is 6.92 Å². The summed E-state index contributed by atoms with van der Waals surface area (Å²) in [4.78, 5) is 43.0. The molecular weight excluding hydrogens is 520 g/mol. The van der Waals surface area contributed by atoms with Crippen LogP contribution in [0.5, 0.6) is 0 Å². The Morgan fingerprint density at radius 1 is 1.22 bits per heavy atom. The van der Waals surface area contributed by atoms with Gasteiger partial charge in [-0.25, -0.2) is 8.98 Å². The summed E-state index contributed by atoms with van der Waals surface area (Å²) in [5.74, 6) is -0.564. The number of carbonyl (C=O) groups excluding carboxylic acids is 1. The fraction of sp³-hybridized carbons (Fsp3) is 0.783. The van der Waals surface area contributed by atoms with Gasteiger partial charge in [0.25, 0.3) is 21.6 Å². The Labute approximate surface area is 219 Å². The first kappa shape index (κ1) is 29.7. The van der Waals surface area contributed by atoms with E-state index < -0.39 is 59.6 Å². The first-order chi connectivity index (χ1) is 16.7. The molecule has 12 nitrogen and oxygen atoms in total. The molecule has 2 aliphatic heterocycles. The van der Waals surface area contributed by atoms with Crippen molar-refractivity contribution in [1.82, 2.24) is 18.9 Å². The van der Waals surface area contributed by atoms with Crippen molar-refractivity contribution in [1.29, 1.82) is 0 Å². The molecule has 0 unspecified atom stereocenters. The Hall–Kier alpha value is -1.84. The lowest BCUT2D eigenvalue weighted by molar-refractivity contribution is -0.148. The smallest absolute Gasteiger partial charge is 0.332 e. The molecule has 37 heavy (non-hydrogen) atoms. The largest absolute Gasteiger partial charge is 0.406 e. The number of likely N-dealkylation sites (tertiary alicyclic amines) is 1.